The van der Waals surface area contributed by atoms with Crippen LogP contribution in [0.5, 0.6) is 0 Å². The van der Waals surface area contributed by atoms with Gasteiger partial charge in [0.15, 0.2) is 0 Å². The molecule has 0 radical (unpaired) electrons. The van der Waals surface area contributed by atoms with Crippen LogP contribution in [0.15, 0.2) is 0 Å². The van der Waals surface area contributed by atoms with Crippen LogP contribution in [-0.4, -0.2) is 52.9 Å². The van der Waals surface area contributed by atoms with E-state index in [1.165, 1.54) is 0 Å². The number of nitrogens with zero attached hydrogens (tertiary/aromatic N) is 2. The van der Waals surface area contributed by atoms with E-state index in [1.807, 2.05) is 0 Å². The fourth-order valence-corrected chi connectivity index (χ4v) is 4.90. The van der Waals surface area contributed by atoms with E-state index < -0.39 is 68.6 Å². The van der Waals surface area contributed by atoms with Crippen molar-refractivity contribution >= 4 is 30.4 Å². The maximum absolute atomic E-state index is 10.8. The van der Waals surface area contributed by atoms with E-state index in [9.17, 15) is 52.5 Å². The SMILES string of the molecule is O=P([O-])([O-])CN(CCN(CP(=O)([O-])[O-])CP(=O)([O-])O)CP(=O)([O-])[O-].[Na+].[Na+].[Na+].[Na+].[Na+].[Ni+2]. The smallest absolute Gasteiger partial charge is 0.810 e. The average Bonchev–Trinajstić information content (AvgIpc) is 2.16. The molecule has 0 aliphatic rings. The maximum Gasteiger partial charge on any atom is 2.00 e. The zero-order valence-electron chi connectivity index (χ0n) is 17.2. The topological polar surface area (TPSA) is 256 Å². The van der Waals surface area contributed by atoms with Gasteiger partial charge in [0, 0.05) is 31.9 Å². The van der Waals surface area contributed by atoms with Crippen LogP contribution in [-0.2, 0) is 34.8 Å². The standard InChI is InChI=1S/C6H20N2O12P4.5Na.Ni/c9-21(10,11)3-7(4-22(12,13)14)1-2-8(5-23(15,16)17)6-24(18,19)20;;;;;;/h1-6H2,(H2,9,10,11)(H2,12,13,14)(H2,15,16,17)(H2,18,19,20);;;;;;/q;5*+1;+2/p-7. The Labute approximate surface area is 294 Å². The zero-order chi connectivity index (χ0) is 19.4. The molecule has 1 unspecified atom stereocenters. The molecule has 0 aromatic heterocycles. The van der Waals surface area contributed by atoms with Gasteiger partial charge < -0.3 is 57.4 Å². The van der Waals surface area contributed by atoms with Crippen molar-refractivity contribution in [3.05, 3.63) is 0 Å². The normalized spacial score (nSPS) is 13.3. The summed E-state index contributed by atoms with van der Waals surface area (Å²) in [5.41, 5.74) is 0. The average molecular weight is 603 g/mol. The first-order valence-corrected chi connectivity index (χ1v) is 12.8. The van der Waals surface area contributed by atoms with Crippen molar-refractivity contribution < 1.29 is 222 Å². The third-order valence-electron chi connectivity index (χ3n) is 2.23. The van der Waals surface area contributed by atoms with E-state index in [2.05, 4.69) is 0 Å². The molecule has 0 aromatic rings. The zero-order valence-corrected chi connectivity index (χ0v) is 31.7. The second kappa shape index (κ2) is 22.9. The summed E-state index contributed by atoms with van der Waals surface area (Å²) >= 11 is 0. The molecule has 0 aliphatic carbocycles. The molecule has 14 nitrogen and oxygen atoms in total. The predicted molar refractivity (Wildman–Crippen MR) is 65.5 cm³/mol. The summed E-state index contributed by atoms with van der Waals surface area (Å²) in [6.45, 7) is -1.48. The first kappa shape index (κ1) is 52.4. The Hall–Kier alpha value is 6.01. The Morgan fingerprint density at radius 2 is 0.733 bits per heavy atom. The van der Waals surface area contributed by atoms with E-state index >= 15 is 0 Å². The molecule has 0 bridgehead atoms. The van der Waals surface area contributed by atoms with E-state index in [0.717, 1.165) is 0 Å². The molecule has 0 amide bonds. The van der Waals surface area contributed by atoms with Gasteiger partial charge in [-0.1, -0.05) is 22.8 Å². The molecule has 0 fully saturated rings. The van der Waals surface area contributed by atoms with E-state index in [0.29, 0.717) is 9.80 Å². The first-order valence-electron chi connectivity index (χ1n) is 5.87. The monoisotopic (exact) mass is 602 g/mol. The molecular weight excluding hydrogens is 590 g/mol. The molecule has 1 N–H and O–H groups in total. The van der Waals surface area contributed by atoms with Crippen molar-refractivity contribution in [2.75, 3.05) is 38.2 Å². The minimum absolute atomic E-state index is 0. The summed E-state index contributed by atoms with van der Waals surface area (Å²) in [6.07, 6.45) is -5.45. The van der Waals surface area contributed by atoms with Crippen LogP contribution in [0.2, 0.25) is 0 Å². The molecule has 0 rings (SSSR count). The van der Waals surface area contributed by atoms with E-state index in [-0.39, 0.29) is 164 Å². The molecule has 1 atom stereocenters. The van der Waals surface area contributed by atoms with Crippen molar-refractivity contribution in [3.8, 4) is 0 Å². The number of hydrogen-bond acceptors (Lipinski definition) is 13. The Bertz CT molecular complexity index is 512. The van der Waals surface area contributed by atoms with Crippen molar-refractivity contribution in [3.63, 3.8) is 0 Å². The van der Waals surface area contributed by atoms with Crippen molar-refractivity contribution in [2.24, 2.45) is 0 Å². The van der Waals surface area contributed by atoms with Gasteiger partial charge in [0.25, 0.3) is 0 Å². The summed E-state index contributed by atoms with van der Waals surface area (Å²) < 4.78 is 42.8. The van der Waals surface area contributed by atoms with Crippen LogP contribution in [0.1, 0.15) is 0 Å². The molecule has 0 aromatic carbocycles. The van der Waals surface area contributed by atoms with Crippen molar-refractivity contribution in [1.29, 1.82) is 0 Å². The van der Waals surface area contributed by atoms with Gasteiger partial charge in [-0.2, -0.15) is 0 Å². The Balaban J connectivity index is -0.000000176. The third-order valence-corrected chi connectivity index (χ3v) is 5.23. The van der Waals surface area contributed by atoms with Crippen LogP contribution in [0.3, 0.4) is 0 Å². The van der Waals surface area contributed by atoms with Crippen molar-refractivity contribution in [2.45, 2.75) is 0 Å². The maximum atomic E-state index is 10.8. The molecule has 154 valence electrons. The predicted octanol–water partition coefficient (Wildman–Crippen LogP) is -21.3. The third kappa shape index (κ3) is 38.5. The van der Waals surface area contributed by atoms with Crippen LogP contribution in [0.25, 0.3) is 0 Å². The van der Waals surface area contributed by atoms with Crippen LogP contribution < -0.4 is 182 Å². The summed E-state index contributed by atoms with van der Waals surface area (Å²) in [5, 5.41) is 0. The summed E-state index contributed by atoms with van der Waals surface area (Å²) in [7, 11) is -20.9. The minimum Gasteiger partial charge on any atom is -0.810 e. The van der Waals surface area contributed by atoms with Crippen molar-refractivity contribution in [1.82, 2.24) is 9.80 Å². The van der Waals surface area contributed by atoms with E-state index in [4.69, 9.17) is 4.89 Å². The summed E-state index contributed by atoms with van der Waals surface area (Å²) in [6, 6.07) is 0. The Morgan fingerprint density at radius 1 is 0.533 bits per heavy atom. The minimum atomic E-state index is -5.29. The summed E-state index contributed by atoms with van der Waals surface area (Å²) in [4.78, 5) is 84.2. The number of hydrogen-bond donors (Lipinski definition) is 1. The fraction of sp³-hybridized carbons (Fsp3) is 1.00. The molecule has 0 saturated carbocycles. The van der Waals surface area contributed by atoms with Crippen LogP contribution >= 0.6 is 30.4 Å². The van der Waals surface area contributed by atoms with Gasteiger partial charge in [0.1, 0.15) is 7.60 Å². The molecule has 30 heavy (non-hydrogen) atoms. The molecule has 0 aliphatic heterocycles. The van der Waals surface area contributed by atoms with Gasteiger partial charge in [-0.25, -0.2) is 0 Å². The van der Waals surface area contributed by atoms with Gasteiger partial charge in [-0.15, -0.1) is 0 Å². The van der Waals surface area contributed by atoms with Crippen LogP contribution in [0.4, 0.5) is 0 Å². The van der Waals surface area contributed by atoms with Gasteiger partial charge in [0.05, 0.1) is 6.29 Å². The molecule has 0 spiro atoms. The van der Waals surface area contributed by atoms with E-state index in [1.54, 1.807) is 0 Å². The fourth-order valence-electron chi connectivity index (χ4n) is 1.64. The van der Waals surface area contributed by atoms with Gasteiger partial charge in [0.2, 0.25) is 0 Å². The van der Waals surface area contributed by atoms with Gasteiger partial charge in [-0.3, -0.25) is 9.80 Å². The van der Waals surface area contributed by atoms with Gasteiger partial charge in [-0.05, 0) is 0 Å². The molecule has 24 heteroatoms. The molecule has 0 heterocycles. The Kier molecular flexibility index (Phi) is 40.1. The quantitative estimate of drug-likeness (QED) is 0.170. The second-order valence-electron chi connectivity index (χ2n) is 4.82. The molecule has 0 saturated heterocycles. The largest absolute Gasteiger partial charge is 2.00 e. The first-order chi connectivity index (χ1) is 10.4. The van der Waals surface area contributed by atoms with Crippen LogP contribution in [0, 0.1) is 0 Å². The molecular formula is C6H13N2Na5NiO12P4. The summed E-state index contributed by atoms with van der Waals surface area (Å²) in [5.74, 6) is 0. The second-order valence-corrected chi connectivity index (χ2v) is 10.9. The Morgan fingerprint density at radius 3 is 0.900 bits per heavy atom. The van der Waals surface area contributed by atoms with Gasteiger partial charge >= 0.3 is 164 Å². The number of rotatable bonds is 11.